The van der Waals surface area contributed by atoms with E-state index in [4.69, 9.17) is 0 Å². The van der Waals surface area contributed by atoms with Crippen LogP contribution in [0.1, 0.15) is 79.1 Å². The van der Waals surface area contributed by atoms with Gasteiger partial charge in [0.05, 0.1) is 0 Å². The summed E-state index contributed by atoms with van der Waals surface area (Å²) in [6.07, 6.45) is 11.1. The molecular formula is C19H39S2. The van der Waals surface area contributed by atoms with E-state index < -0.39 is 20.1 Å². The van der Waals surface area contributed by atoms with Crippen molar-refractivity contribution in [1.29, 1.82) is 0 Å². The van der Waals surface area contributed by atoms with Crippen molar-refractivity contribution in [3.63, 3.8) is 0 Å². The van der Waals surface area contributed by atoms with E-state index in [0.717, 1.165) is 0 Å². The lowest BCUT2D eigenvalue weighted by molar-refractivity contribution is 0.870. The fraction of sp³-hybridized carbons (Fsp3) is 0.842. The highest BCUT2D eigenvalue weighted by molar-refractivity contribution is 8.56. The molecule has 2 heteroatoms. The molecule has 0 unspecified atom stereocenters. The summed E-state index contributed by atoms with van der Waals surface area (Å²) in [5.74, 6) is 5.92. The molecule has 0 saturated heterocycles. The molecule has 1 heterocycles. The Hall–Kier alpha value is 0.440. The van der Waals surface area contributed by atoms with Crippen molar-refractivity contribution < 1.29 is 0 Å². The summed E-state index contributed by atoms with van der Waals surface area (Å²) >= 11 is 0. The third-order valence-electron chi connectivity index (χ3n) is 4.49. The molecule has 1 rings (SSSR count). The maximum atomic E-state index is 2.97. The SMILES string of the molecule is CCCCS1(CCCC)[CH]S(CCCC)(CCCC)C=C1. The summed E-state index contributed by atoms with van der Waals surface area (Å²) in [7, 11) is -1.04. The highest BCUT2D eigenvalue weighted by Crippen LogP contribution is 2.75. The van der Waals surface area contributed by atoms with Crippen LogP contribution in [0.25, 0.3) is 0 Å². The van der Waals surface area contributed by atoms with Crippen molar-refractivity contribution in [2.24, 2.45) is 0 Å². The van der Waals surface area contributed by atoms with E-state index in [-0.39, 0.29) is 0 Å². The molecule has 0 fully saturated rings. The number of hydrogen-bond acceptors (Lipinski definition) is 0. The van der Waals surface area contributed by atoms with Crippen LogP contribution in [0, 0.1) is 5.08 Å². The van der Waals surface area contributed by atoms with Crippen molar-refractivity contribution in [3.8, 4) is 0 Å². The van der Waals surface area contributed by atoms with Gasteiger partial charge in [0.15, 0.2) is 0 Å². The van der Waals surface area contributed by atoms with Gasteiger partial charge in [-0.25, -0.2) is 20.1 Å². The molecule has 1 aliphatic rings. The molecule has 0 amide bonds. The van der Waals surface area contributed by atoms with Crippen LogP contribution in [0.15, 0.2) is 10.8 Å². The highest BCUT2D eigenvalue weighted by Gasteiger charge is 2.36. The third kappa shape index (κ3) is 6.22. The van der Waals surface area contributed by atoms with E-state index in [1.807, 2.05) is 0 Å². The minimum absolute atomic E-state index is 0.522. The van der Waals surface area contributed by atoms with Crippen molar-refractivity contribution in [1.82, 2.24) is 0 Å². The minimum atomic E-state index is -0.522. The maximum absolute atomic E-state index is 2.97. The van der Waals surface area contributed by atoms with Crippen LogP contribution in [0.4, 0.5) is 0 Å². The van der Waals surface area contributed by atoms with Gasteiger partial charge >= 0.3 is 0 Å². The first-order valence-electron chi connectivity index (χ1n) is 9.26. The van der Waals surface area contributed by atoms with Gasteiger partial charge in [0.2, 0.25) is 0 Å². The molecular weight excluding hydrogens is 292 g/mol. The lowest BCUT2D eigenvalue weighted by atomic mass is 10.4. The van der Waals surface area contributed by atoms with E-state index >= 15 is 0 Å². The average Bonchev–Trinajstić information content (AvgIpc) is 2.87. The minimum Gasteiger partial charge on any atom is -0.208 e. The molecule has 1 aliphatic heterocycles. The van der Waals surface area contributed by atoms with Gasteiger partial charge in [-0.2, -0.15) is 0 Å². The molecule has 127 valence electrons. The van der Waals surface area contributed by atoms with Gasteiger partial charge in [0, 0.05) is 5.08 Å². The zero-order chi connectivity index (χ0) is 15.6. The molecule has 21 heavy (non-hydrogen) atoms. The summed E-state index contributed by atoms with van der Waals surface area (Å²) < 4.78 is 0. The zero-order valence-corrected chi connectivity index (χ0v) is 16.7. The summed E-state index contributed by atoms with van der Waals surface area (Å²) in [5.41, 5.74) is 0. The fourth-order valence-corrected chi connectivity index (χ4v) is 14.1. The van der Waals surface area contributed by atoms with E-state index in [2.05, 4.69) is 43.6 Å². The maximum Gasteiger partial charge on any atom is 0.0447 e. The van der Waals surface area contributed by atoms with Crippen LogP contribution in [-0.4, -0.2) is 23.0 Å². The molecule has 0 bridgehead atoms. The summed E-state index contributed by atoms with van der Waals surface area (Å²) in [5, 5.41) is 8.44. The molecule has 0 aromatic heterocycles. The van der Waals surface area contributed by atoms with Gasteiger partial charge < -0.3 is 0 Å². The van der Waals surface area contributed by atoms with Crippen LogP contribution in [-0.2, 0) is 0 Å². The van der Waals surface area contributed by atoms with Gasteiger partial charge in [-0.05, 0) is 59.5 Å². The molecule has 0 N–H and O–H groups in total. The zero-order valence-electron chi connectivity index (χ0n) is 15.0. The van der Waals surface area contributed by atoms with Crippen molar-refractivity contribution in [3.05, 3.63) is 15.9 Å². The highest BCUT2D eigenvalue weighted by atomic mass is 32.3. The van der Waals surface area contributed by atoms with Crippen LogP contribution >= 0.6 is 20.1 Å². The van der Waals surface area contributed by atoms with Crippen molar-refractivity contribution in [2.45, 2.75) is 79.1 Å². The lowest BCUT2D eigenvalue weighted by Crippen LogP contribution is -2.11. The fourth-order valence-electron chi connectivity index (χ4n) is 2.99. The second kappa shape index (κ2) is 10.3. The molecule has 0 aliphatic carbocycles. The van der Waals surface area contributed by atoms with E-state index in [0.29, 0.717) is 0 Å². The van der Waals surface area contributed by atoms with E-state index in [1.54, 1.807) is 0 Å². The molecule has 0 saturated carbocycles. The van der Waals surface area contributed by atoms with Gasteiger partial charge in [-0.1, -0.05) is 53.4 Å². The van der Waals surface area contributed by atoms with Crippen molar-refractivity contribution >= 4 is 20.1 Å². The van der Waals surface area contributed by atoms with Crippen LogP contribution in [0.2, 0.25) is 0 Å². The van der Waals surface area contributed by atoms with E-state index in [1.165, 1.54) is 74.4 Å². The molecule has 0 spiro atoms. The first-order chi connectivity index (χ1) is 10.2. The molecule has 0 nitrogen and oxygen atoms in total. The van der Waals surface area contributed by atoms with Gasteiger partial charge in [-0.15, -0.1) is 0 Å². The monoisotopic (exact) mass is 331 g/mol. The Morgan fingerprint density at radius 2 is 0.810 bits per heavy atom. The third-order valence-corrected chi connectivity index (χ3v) is 13.3. The molecule has 0 aromatic carbocycles. The Morgan fingerprint density at radius 1 is 0.524 bits per heavy atom. The largest absolute Gasteiger partial charge is 0.208 e. The van der Waals surface area contributed by atoms with Crippen LogP contribution in [0.5, 0.6) is 0 Å². The standard InChI is InChI=1S/C19H39S2/c1-5-9-13-20(14-10-6-2)17-18-21(19-20,15-11-7-3)16-12-8-4/h17-19H,5-16H2,1-4H3. The van der Waals surface area contributed by atoms with Gasteiger partial charge in [0.25, 0.3) is 0 Å². The molecule has 0 aromatic rings. The summed E-state index contributed by atoms with van der Waals surface area (Å²) in [6, 6.07) is 0. The Morgan fingerprint density at radius 3 is 1.05 bits per heavy atom. The Kier molecular flexibility index (Phi) is 9.52. The lowest BCUT2D eigenvalue weighted by Gasteiger charge is -2.42. The Balaban J connectivity index is 2.76. The summed E-state index contributed by atoms with van der Waals surface area (Å²) in [4.78, 5) is 0. The predicted octanol–water partition coefficient (Wildman–Crippen LogP) is 7.40. The molecule has 1 radical (unpaired) electrons. The first kappa shape index (κ1) is 19.5. The first-order valence-corrected chi connectivity index (χ1v) is 13.5. The van der Waals surface area contributed by atoms with Crippen molar-refractivity contribution in [2.75, 3.05) is 23.0 Å². The Labute approximate surface area is 138 Å². The smallest absolute Gasteiger partial charge is 0.0447 e. The van der Waals surface area contributed by atoms with Gasteiger partial charge in [-0.3, -0.25) is 0 Å². The Bertz CT molecular complexity index is 252. The number of unbranched alkanes of at least 4 members (excludes halogenated alkanes) is 4. The number of rotatable bonds is 12. The quantitative estimate of drug-likeness (QED) is 0.349. The van der Waals surface area contributed by atoms with Gasteiger partial charge in [0.1, 0.15) is 0 Å². The topological polar surface area (TPSA) is 0 Å². The van der Waals surface area contributed by atoms with E-state index in [9.17, 15) is 0 Å². The van der Waals surface area contributed by atoms with Crippen LogP contribution in [0.3, 0.4) is 0 Å². The van der Waals surface area contributed by atoms with Crippen LogP contribution < -0.4 is 0 Å². The number of hydrogen-bond donors (Lipinski definition) is 0. The normalized spacial score (nSPS) is 22.3. The predicted molar refractivity (Wildman–Crippen MR) is 108 cm³/mol. The summed E-state index contributed by atoms with van der Waals surface area (Å²) in [6.45, 7) is 9.39. The second-order valence-electron chi connectivity index (χ2n) is 6.61. The molecule has 0 atom stereocenters. The second-order valence-corrected chi connectivity index (χ2v) is 13.6. The average molecular weight is 332 g/mol.